The van der Waals surface area contributed by atoms with E-state index in [1.54, 1.807) is 26.4 Å². The van der Waals surface area contributed by atoms with Gasteiger partial charge in [0, 0.05) is 32.1 Å². The van der Waals surface area contributed by atoms with Crippen molar-refractivity contribution in [3.63, 3.8) is 0 Å². The summed E-state index contributed by atoms with van der Waals surface area (Å²) in [6.45, 7) is 0. The molecule has 0 fully saturated rings. The van der Waals surface area contributed by atoms with Gasteiger partial charge < -0.3 is 15.2 Å². The highest BCUT2D eigenvalue weighted by atomic mass is 79.9. The van der Waals surface area contributed by atoms with E-state index in [0.717, 1.165) is 32.2 Å². The maximum Gasteiger partial charge on any atom is 0.205 e. The van der Waals surface area contributed by atoms with E-state index < -0.39 is 0 Å². The lowest BCUT2D eigenvalue weighted by Gasteiger charge is -2.15. The Hall–Kier alpha value is -3.68. The van der Waals surface area contributed by atoms with E-state index in [2.05, 4.69) is 15.9 Å². The number of ketones is 1. The number of ether oxygens (including phenoxy) is 2. The summed E-state index contributed by atoms with van der Waals surface area (Å²) < 4.78 is 12.2. The van der Waals surface area contributed by atoms with Crippen molar-refractivity contribution in [1.82, 2.24) is 4.98 Å². The van der Waals surface area contributed by atoms with E-state index in [-0.39, 0.29) is 5.78 Å². The molecule has 5 aromatic rings. The molecule has 2 aromatic heterocycles. The van der Waals surface area contributed by atoms with Crippen molar-refractivity contribution in [3.05, 3.63) is 93.8 Å². The predicted octanol–water partition coefficient (Wildman–Crippen LogP) is 7.22. The lowest BCUT2D eigenvalue weighted by atomic mass is 9.97. The number of hydrogen-bond acceptors (Lipinski definition) is 6. The second-order valence-electron chi connectivity index (χ2n) is 7.82. The molecular weight excluding hydrogens is 524 g/mol. The number of thiophene rings is 1. The molecule has 0 aliphatic heterocycles. The Bertz CT molecular complexity index is 1550. The monoisotopic (exact) mass is 544 g/mol. The number of fused-ring (bicyclic) bond motifs is 1. The number of rotatable bonds is 6. The average Bonchev–Trinajstić information content (AvgIpc) is 3.24. The smallest absolute Gasteiger partial charge is 0.205 e. The third kappa shape index (κ3) is 4.17. The highest BCUT2D eigenvalue weighted by Crippen LogP contribution is 2.46. The van der Waals surface area contributed by atoms with E-state index in [4.69, 9.17) is 20.2 Å². The summed E-state index contributed by atoms with van der Waals surface area (Å²) in [5.74, 6) is 1.06. The van der Waals surface area contributed by atoms with Crippen LogP contribution in [0.1, 0.15) is 15.2 Å². The van der Waals surface area contributed by atoms with Crippen LogP contribution in [-0.2, 0) is 0 Å². The van der Waals surface area contributed by atoms with Crippen LogP contribution in [-0.4, -0.2) is 25.0 Å². The van der Waals surface area contributed by atoms with Gasteiger partial charge in [0.05, 0.1) is 25.6 Å². The molecule has 0 aliphatic rings. The lowest BCUT2D eigenvalue weighted by Crippen LogP contribution is -2.02. The molecule has 0 saturated carbocycles. The highest BCUT2D eigenvalue weighted by Gasteiger charge is 2.24. The number of aromatic nitrogens is 1. The molecule has 0 saturated heterocycles. The number of para-hydroxylation sites is 1. The Morgan fingerprint density at radius 2 is 1.66 bits per heavy atom. The topological polar surface area (TPSA) is 74.4 Å². The van der Waals surface area contributed by atoms with Crippen LogP contribution in [0.25, 0.3) is 32.6 Å². The number of nitrogens with two attached hydrogens (primary N) is 1. The van der Waals surface area contributed by atoms with Crippen molar-refractivity contribution in [2.75, 3.05) is 20.0 Å². The number of methoxy groups -OCH3 is 2. The first-order valence-electron chi connectivity index (χ1n) is 10.8. The third-order valence-corrected chi connectivity index (χ3v) is 7.40. The number of pyridine rings is 1. The summed E-state index contributed by atoms with van der Waals surface area (Å²) >= 11 is 4.72. The number of anilines is 1. The number of benzene rings is 3. The number of nitrogens with zero attached hydrogens (tertiary/aromatic N) is 1. The minimum absolute atomic E-state index is 0.136. The summed E-state index contributed by atoms with van der Waals surface area (Å²) in [5, 5.41) is 0.724. The van der Waals surface area contributed by atoms with Gasteiger partial charge in [0.1, 0.15) is 9.71 Å². The van der Waals surface area contributed by atoms with Gasteiger partial charge in [0.15, 0.2) is 11.5 Å². The molecule has 0 aliphatic carbocycles. The zero-order valence-electron chi connectivity index (χ0n) is 19.0. The second-order valence-corrected chi connectivity index (χ2v) is 9.74. The van der Waals surface area contributed by atoms with Crippen LogP contribution in [0.3, 0.4) is 0 Å². The molecule has 0 radical (unpaired) electrons. The summed E-state index contributed by atoms with van der Waals surface area (Å²) in [6, 6.07) is 24.9. The zero-order chi connectivity index (χ0) is 24.5. The number of carbonyl (C=O) groups excluding carboxylic acids is 1. The Morgan fingerprint density at radius 3 is 2.34 bits per heavy atom. The van der Waals surface area contributed by atoms with Gasteiger partial charge in [-0.05, 0) is 36.4 Å². The van der Waals surface area contributed by atoms with Gasteiger partial charge >= 0.3 is 0 Å². The first kappa shape index (κ1) is 23.1. The van der Waals surface area contributed by atoms with Crippen molar-refractivity contribution in [2.45, 2.75) is 0 Å². The number of hydrogen-bond donors (Lipinski definition) is 1. The fraction of sp³-hybridized carbons (Fsp3) is 0.0714. The van der Waals surface area contributed by atoms with Gasteiger partial charge in [0.25, 0.3) is 0 Å². The second kappa shape index (κ2) is 9.52. The van der Waals surface area contributed by atoms with Crippen LogP contribution in [0.2, 0.25) is 0 Å². The van der Waals surface area contributed by atoms with Gasteiger partial charge in [-0.25, -0.2) is 4.98 Å². The summed E-state index contributed by atoms with van der Waals surface area (Å²) in [6.07, 6.45) is 0. The quantitative estimate of drug-likeness (QED) is 0.228. The van der Waals surface area contributed by atoms with E-state index in [0.29, 0.717) is 32.5 Å². The third-order valence-electron chi connectivity index (χ3n) is 5.77. The normalized spacial score (nSPS) is 10.9. The molecule has 0 unspecified atom stereocenters. The van der Waals surface area contributed by atoms with Crippen LogP contribution in [0.4, 0.5) is 5.69 Å². The first-order valence-corrected chi connectivity index (χ1v) is 12.4. The van der Waals surface area contributed by atoms with Crippen LogP contribution in [0.15, 0.2) is 83.3 Å². The molecule has 7 heteroatoms. The largest absolute Gasteiger partial charge is 0.493 e. The molecule has 0 atom stereocenters. The molecule has 35 heavy (non-hydrogen) atoms. The minimum atomic E-state index is -0.136. The van der Waals surface area contributed by atoms with Crippen molar-refractivity contribution < 1.29 is 14.3 Å². The number of halogens is 1. The first-order chi connectivity index (χ1) is 17.0. The predicted molar refractivity (Wildman–Crippen MR) is 146 cm³/mol. The van der Waals surface area contributed by atoms with Gasteiger partial charge in [-0.3, -0.25) is 4.79 Å². The van der Waals surface area contributed by atoms with Crippen LogP contribution in [0.5, 0.6) is 11.5 Å². The highest BCUT2D eigenvalue weighted by molar-refractivity contribution is 9.10. The Balaban J connectivity index is 1.80. The van der Waals surface area contributed by atoms with Crippen molar-refractivity contribution in [3.8, 4) is 33.9 Å². The van der Waals surface area contributed by atoms with E-state index in [1.165, 1.54) is 11.3 Å². The van der Waals surface area contributed by atoms with Crippen LogP contribution < -0.4 is 15.2 Å². The van der Waals surface area contributed by atoms with Crippen molar-refractivity contribution >= 4 is 49.0 Å². The molecule has 174 valence electrons. The van der Waals surface area contributed by atoms with Crippen molar-refractivity contribution in [2.24, 2.45) is 0 Å². The Labute approximate surface area is 215 Å². The number of nitrogen functional groups attached to an aromatic ring is 1. The minimum Gasteiger partial charge on any atom is -0.493 e. The lowest BCUT2D eigenvalue weighted by molar-refractivity contribution is 0.104. The SMILES string of the molecule is COc1cccc(-c2cc(-c3ccccc3)nc3sc(C(=O)c4ccc(Br)cc4)c(N)c23)c1OC. The van der Waals surface area contributed by atoms with E-state index in [9.17, 15) is 4.79 Å². The molecule has 2 heterocycles. The molecule has 0 spiro atoms. The van der Waals surface area contributed by atoms with Gasteiger partial charge in [-0.15, -0.1) is 11.3 Å². The fourth-order valence-electron chi connectivity index (χ4n) is 4.09. The maximum atomic E-state index is 13.4. The van der Waals surface area contributed by atoms with Gasteiger partial charge in [-0.2, -0.15) is 0 Å². The zero-order valence-corrected chi connectivity index (χ0v) is 21.4. The molecular formula is C28H21BrN2O3S. The van der Waals surface area contributed by atoms with Crippen LogP contribution >= 0.6 is 27.3 Å². The van der Waals surface area contributed by atoms with Gasteiger partial charge in [-0.1, -0.05) is 58.4 Å². The summed E-state index contributed by atoms with van der Waals surface area (Å²) in [4.78, 5) is 19.5. The maximum absolute atomic E-state index is 13.4. The number of carbonyl (C=O) groups is 1. The van der Waals surface area contributed by atoms with Crippen LogP contribution in [0, 0.1) is 0 Å². The van der Waals surface area contributed by atoms with E-state index in [1.807, 2.05) is 66.7 Å². The Kier molecular flexibility index (Phi) is 6.28. The molecule has 3 aromatic carbocycles. The van der Waals surface area contributed by atoms with E-state index >= 15 is 0 Å². The molecule has 0 bridgehead atoms. The standard InChI is InChI=1S/C28H21BrN2O3S/c1-33-22-10-6-9-19(26(22)34-2)20-15-21(16-7-4-3-5-8-16)31-28-23(20)24(30)27(35-28)25(32)17-11-13-18(29)14-12-17/h3-15H,30H2,1-2H3. The molecule has 0 amide bonds. The molecule has 5 nitrogen and oxygen atoms in total. The molecule has 2 N–H and O–H groups in total. The molecule has 5 rings (SSSR count). The van der Waals surface area contributed by atoms with Crippen molar-refractivity contribution in [1.29, 1.82) is 0 Å². The summed E-state index contributed by atoms with van der Waals surface area (Å²) in [5.41, 5.74) is 11.0. The van der Waals surface area contributed by atoms with Gasteiger partial charge in [0.2, 0.25) is 5.78 Å². The summed E-state index contributed by atoms with van der Waals surface area (Å²) in [7, 11) is 3.21. The average molecular weight is 545 g/mol. The Morgan fingerprint density at radius 1 is 0.914 bits per heavy atom. The fourth-order valence-corrected chi connectivity index (χ4v) is 5.44.